The van der Waals surface area contributed by atoms with Crippen molar-refractivity contribution in [2.45, 2.75) is 0 Å². The van der Waals surface area contributed by atoms with Gasteiger partial charge in [-0.2, -0.15) is 0 Å². The summed E-state index contributed by atoms with van der Waals surface area (Å²) in [7, 11) is 0. The molecule has 0 unspecified atom stereocenters. The van der Waals surface area contributed by atoms with Crippen LogP contribution >= 0.6 is 0 Å². The molecule has 5 rings (SSSR count). The third-order valence-electron chi connectivity index (χ3n) is 6.20. The highest BCUT2D eigenvalue weighted by molar-refractivity contribution is 6.08. The van der Waals surface area contributed by atoms with Crippen LogP contribution in [0.5, 0.6) is 0 Å². The molecule has 9 nitrogen and oxygen atoms in total. The molecule has 5 aromatic rings. The van der Waals surface area contributed by atoms with Crippen molar-refractivity contribution in [2.24, 2.45) is 23.2 Å². The van der Waals surface area contributed by atoms with Gasteiger partial charge < -0.3 is 27.9 Å². The van der Waals surface area contributed by atoms with Gasteiger partial charge in [-0.05, 0) is 83.9 Å². The van der Waals surface area contributed by atoms with Crippen molar-refractivity contribution < 1.29 is 0 Å². The number of rotatable bonds is 6. The summed E-state index contributed by atoms with van der Waals surface area (Å²) in [6, 6.07) is 26.4. The lowest BCUT2D eigenvalue weighted by molar-refractivity contribution is 1.08. The molecule has 0 aliphatic carbocycles. The van der Waals surface area contributed by atoms with E-state index in [9.17, 15) is 0 Å². The van der Waals surface area contributed by atoms with Crippen LogP contribution in [0.15, 0.2) is 97.3 Å². The minimum atomic E-state index is 0.522. The second kappa shape index (κ2) is 9.50. The maximum absolute atomic E-state index is 6.41. The van der Waals surface area contributed by atoms with Crippen LogP contribution in [-0.4, -0.2) is 4.98 Å². The van der Waals surface area contributed by atoms with Gasteiger partial charge in [0.2, 0.25) is 0 Å². The number of fused-ring (bicyclic) bond motifs is 3. The topological polar surface area (TPSA) is 178 Å². The number of hydrogen-bond donors (Lipinski definition) is 7. The lowest BCUT2D eigenvalue weighted by atomic mass is 10.0. The largest absolute Gasteiger partial charge is 0.399 e. The standard InChI is InChI=1S/C28H29N9/c29-19-3-7-21(8-4-19)36(33)15-25(31)17-1-11-27-23(13-17)24-14-18(2-12-28(24)35-27)26(32)16-37(34)22-9-5-20(30)6-10-22/h1-16,35H,29-34H2/b25-15-,26-16-. The monoisotopic (exact) mass is 491 g/mol. The second-order valence-electron chi connectivity index (χ2n) is 8.81. The highest BCUT2D eigenvalue weighted by Crippen LogP contribution is 2.30. The van der Waals surface area contributed by atoms with Gasteiger partial charge in [-0.1, -0.05) is 12.1 Å². The Balaban J connectivity index is 1.47. The van der Waals surface area contributed by atoms with E-state index < -0.39 is 0 Å². The molecule has 0 fully saturated rings. The summed E-state index contributed by atoms with van der Waals surface area (Å²) in [5.41, 5.74) is 31.9. The van der Waals surface area contributed by atoms with Gasteiger partial charge in [-0.15, -0.1) is 0 Å². The molecule has 0 amide bonds. The van der Waals surface area contributed by atoms with E-state index in [0.29, 0.717) is 22.8 Å². The number of hydrogen-bond acceptors (Lipinski definition) is 8. The van der Waals surface area contributed by atoms with Gasteiger partial charge in [-0.3, -0.25) is 10.0 Å². The number of aromatic nitrogens is 1. The lowest BCUT2D eigenvalue weighted by Crippen LogP contribution is -2.25. The molecule has 4 aromatic carbocycles. The Morgan fingerprint density at radius 3 is 1.32 bits per heavy atom. The van der Waals surface area contributed by atoms with Gasteiger partial charge >= 0.3 is 0 Å². The Kier molecular flexibility index (Phi) is 6.06. The van der Waals surface area contributed by atoms with Crippen LogP contribution in [-0.2, 0) is 0 Å². The van der Waals surface area contributed by atoms with E-state index in [4.69, 9.17) is 34.6 Å². The number of H-pyrrole nitrogens is 1. The molecule has 13 N–H and O–H groups in total. The maximum atomic E-state index is 6.41. The van der Waals surface area contributed by atoms with Crippen LogP contribution in [0.25, 0.3) is 33.2 Å². The Morgan fingerprint density at radius 2 is 0.946 bits per heavy atom. The van der Waals surface area contributed by atoms with Crippen LogP contribution in [0.2, 0.25) is 0 Å². The smallest absolute Gasteiger partial charge is 0.0570 e. The predicted octanol–water partition coefficient (Wildman–Crippen LogP) is 3.76. The van der Waals surface area contributed by atoms with Crippen molar-refractivity contribution in [1.29, 1.82) is 0 Å². The van der Waals surface area contributed by atoms with Crippen molar-refractivity contribution >= 4 is 55.9 Å². The molecule has 0 atom stereocenters. The number of hydrazine groups is 2. The normalized spacial score (nSPS) is 12.3. The lowest BCUT2D eigenvalue weighted by Gasteiger charge is -2.15. The molecule has 0 aliphatic heterocycles. The third-order valence-corrected chi connectivity index (χ3v) is 6.20. The summed E-state index contributed by atoms with van der Waals surface area (Å²) in [6.07, 6.45) is 3.36. The maximum Gasteiger partial charge on any atom is 0.0570 e. The minimum absolute atomic E-state index is 0.522. The van der Waals surface area contributed by atoms with Crippen molar-refractivity contribution in [3.63, 3.8) is 0 Å². The van der Waals surface area contributed by atoms with E-state index in [-0.39, 0.29) is 0 Å². The molecule has 1 heterocycles. The Morgan fingerprint density at radius 1 is 0.568 bits per heavy atom. The Hall–Kier alpha value is -5.12. The summed E-state index contributed by atoms with van der Waals surface area (Å²) in [4.78, 5) is 3.44. The number of benzene rings is 4. The molecule has 0 spiro atoms. The minimum Gasteiger partial charge on any atom is -0.399 e. The number of aromatic amines is 1. The van der Waals surface area contributed by atoms with Gasteiger partial charge in [0.05, 0.1) is 22.8 Å². The SMILES string of the molecule is N/C(=C\N(N)c1ccc(N)cc1)c1ccc2[nH]c3ccc(/C(N)=C/N(N)c4ccc(N)cc4)cc3c2c1. The average Bonchev–Trinajstić information content (AvgIpc) is 3.26. The first-order chi connectivity index (χ1) is 17.8. The number of nitrogen functional groups attached to an aromatic ring is 2. The Labute approximate surface area is 214 Å². The van der Waals surface area contributed by atoms with E-state index in [0.717, 1.165) is 44.3 Å². The molecular formula is C28H29N9. The third kappa shape index (κ3) is 4.85. The molecule has 1 aromatic heterocycles. The average molecular weight is 492 g/mol. The molecule has 37 heavy (non-hydrogen) atoms. The summed E-state index contributed by atoms with van der Waals surface area (Å²) >= 11 is 0. The van der Waals surface area contributed by atoms with Crippen molar-refractivity contribution in [1.82, 2.24) is 4.98 Å². The number of nitrogens with two attached hydrogens (primary N) is 6. The van der Waals surface area contributed by atoms with Gasteiger partial charge in [0.15, 0.2) is 0 Å². The number of nitrogens with zero attached hydrogens (tertiary/aromatic N) is 2. The van der Waals surface area contributed by atoms with E-state index in [1.165, 1.54) is 10.0 Å². The summed E-state index contributed by atoms with van der Waals surface area (Å²) < 4.78 is 0. The Bertz CT molecular complexity index is 1510. The zero-order chi connectivity index (χ0) is 26.1. The molecule has 0 saturated heterocycles. The fourth-order valence-corrected chi connectivity index (χ4v) is 4.15. The molecule has 0 saturated carbocycles. The summed E-state index contributed by atoms with van der Waals surface area (Å²) in [5, 5.41) is 4.96. The van der Waals surface area contributed by atoms with Crippen molar-refractivity contribution in [2.75, 3.05) is 21.5 Å². The van der Waals surface area contributed by atoms with E-state index in [2.05, 4.69) is 4.98 Å². The molecule has 9 heteroatoms. The second-order valence-corrected chi connectivity index (χ2v) is 8.81. The van der Waals surface area contributed by atoms with Crippen LogP contribution in [0.3, 0.4) is 0 Å². The van der Waals surface area contributed by atoms with Crippen LogP contribution < -0.4 is 44.6 Å². The fourth-order valence-electron chi connectivity index (χ4n) is 4.15. The van der Waals surface area contributed by atoms with Gasteiger partial charge in [0, 0.05) is 45.6 Å². The molecule has 0 aliphatic rings. The van der Waals surface area contributed by atoms with Gasteiger partial charge in [0.25, 0.3) is 0 Å². The predicted molar refractivity (Wildman–Crippen MR) is 155 cm³/mol. The van der Waals surface area contributed by atoms with Crippen molar-refractivity contribution in [3.05, 3.63) is 108 Å². The van der Waals surface area contributed by atoms with E-state index in [1.807, 2.05) is 60.7 Å². The van der Waals surface area contributed by atoms with E-state index >= 15 is 0 Å². The fraction of sp³-hybridized carbons (Fsp3) is 0. The highest BCUT2D eigenvalue weighted by Gasteiger charge is 2.10. The number of nitrogens with one attached hydrogen (secondary N) is 1. The summed E-state index contributed by atoms with van der Waals surface area (Å²) in [6.45, 7) is 0. The first-order valence-electron chi connectivity index (χ1n) is 11.6. The van der Waals surface area contributed by atoms with Gasteiger partial charge in [0.1, 0.15) is 0 Å². The molecular weight excluding hydrogens is 462 g/mol. The van der Waals surface area contributed by atoms with E-state index in [1.54, 1.807) is 36.7 Å². The number of anilines is 4. The van der Waals surface area contributed by atoms with Crippen LogP contribution in [0, 0.1) is 0 Å². The molecule has 0 radical (unpaired) electrons. The zero-order valence-electron chi connectivity index (χ0n) is 20.1. The zero-order valence-corrected chi connectivity index (χ0v) is 20.1. The first kappa shape index (κ1) is 23.6. The quantitative estimate of drug-likeness (QED) is 0.107. The molecule has 186 valence electrons. The van der Waals surface area contributed by atoms with Crippen molar-refractivity contribution in [3.8, 4) is 0 Å². The first-order valence-corrected chi connectivity index (χ1v) is 11.6. The van der Waals surface area contributed by atoms with Crippen LogP contribution in [0.1, 0.15) is 11.1 Å². The highest BCUT2D eigenvalue weighted by atomic mass is 15.4. The molecule has 0 bridgehead atoms. The van der Waals surface area contributed by atoms with Gasteiger partial charge in [-0.25, -0.2) is 11.7 Å². The summed E-state index contributed by atoms with van der Waals surface area (Å²) in [5.74, 6) is 12.4. The van der Waals surface area contributed by atoms with Crippen LogP contribution in [0.4, 0.5) is 22.7 Å².